The molecule has 2 saturated carbocycles. The number of ether oxygens (including phenoxy) is 2. The lowest BCUT2D eigenvalue weighted by Gasteiger charge is -2.19. The number of hydrogen-bond acceptors (Lipinski definition) is 4. The van der Waals surface area contributed by atoms with E-state index in [1.165, 1.54) is 25.7 Å². The third kappa shape index (κ3) is 4.42. The second-order valence-electron chi connectivity index (χ2n) is 7.42. The van der Waals surface area contributed by atoms with Crippen molar-refractivity contribution in [2.24, 2.45) is 5.92 Å². The highest BCUT2D eigenvalue weighted by Crippen LogP contribution is 2.38. The van der Waals surface area contributed by atoms with Gasteiger partial charge in [0.15, 0.2) is 0 Å². The van der Waals surface area contributed by atoms with E-state index in [4.69, 9.17) is 9.47 Å². The minimum absolute atomic E-state index is 0.128. The Hall–Kier alpha value is -1.82. The summed E-state index contributed by atoms with van der Waals surface area (Å²) < 4.78 is 11.7. The zero-order valence-electron chi connectivity index (χ0n) is 14.6. The van der Waals surface area contributed by atoms with E-state index >= 15 is 0 Å². The molecule has 0 aromatic carbocycles. The van der Waals surface area contributed by atoms with Crippen LogP contribution in [-0.2, 0) is 11.3 Å². The Morgan fingerprint density at radius 1 is 1.24 bits per heavy atom. The third-order valence-electron chi connectivity index (χ3n) is 5.38. The van der Waals surface area contributed by atoms with E-state index in [0.29, 0.717) is 24.4 Å². The molecule has 136 valence electrons. The fourth-order valence-electron chi connectivity index (χ4n) is 3.86. The predicted molar refractivity (Wildman–Crippen MR) is 93.4 cm³/mol. The van der Waals surface area contributed by atoms with Crippen LogP contribution in [0.25, 0.3) is 0 Å². The first-order valence-corrected chi connectivity index (χ1v) is 9.55. The summed E-state index contributed by atoms with van der Waals surface area (Å²) in [6.45, 7) is 1.22. The molecule has 2 N–H and O–H groups in total. The minimum Gasteiger partial charge on any atom is -0.474 e. The van der Waals surface area contributed by atoms with Crippen LogP contribution >= 0.6 is 0 Å². The maximum Gasteiger partial charge on any atom is 0.315 e. The van der Waals surface area contributed by atoms with E-state index in [1.807, 2.05) is 12.1 Å². The van der Waals surface area contributed by atoms with Gasteiger partial charge in [0.1, 0.15) is 6.10 Å². The molecule has 0 bridgehead atoms. The molecule has 4 rings (SSSR count). The van der Waals surface area contributed by atoms with E-state index in [-0.39, 0.29) is 18.2 Å². The van der Waals surface area contributed by atoms with Gasteiger partial charge in [-0.05, 0) is 62.5 Å². The maximum atomic E-state index is 12.2. The van der Waals surface area contributed by atoms with Gasteiger partial charge in [0.25, 0.3) is 0 Å². The van der Waals surface area contributed by atoms with Gasteiger partial charge in [-0.2, -0.15) is 0 Å². The SMILES string of the molecule is O=C(NCc1ccnc(OC2CCCC2)c1)N[C@@H]1CCO[C@H]1C1CC1. The van der Waals surface area contributed by atoms with E-state index in [9.17, 15) is 4.79 Å². The third-order valence-corrected chi connectivity index (χ3v) is 5.38. The Kier molecular flexibility index (Phi) is 5.06. The topological polar surface area (TPSA) is 72.5 Å². The summed E-state index contributed by atoms with van der Waals surface area (Å²) in [4.78, 5) is 16.5. The van der Waals surface area contributed by atoms with Crippen molar-refractivity contribution in [2.45, 2.75) is 69.7 Å². The molecule has 0 unspecified atom stereocenters. The molecular formula is C19H27N3O3. The average Bonchev–Trinajstić information content (AvgIpc) is 3.13. The van der Waals surface area contributed by atoms with Crippen LogP contribution in [0.1, 0.15) is 50.5 Å². The summed E-state index contributed by atoms with van der Waals surface area (Å²) in [5, 5.41) is 6.01. The molecule has 25 heavy (non-hydrogen) atoms. The summed E-state index contributed by atoms with van der Waals surface area (Å²) in [5.74, 6) is 1.30. The van der Waals surface area contributed by atoms with Crippen LogP contribution in [0.3, 0.4) is 0 Å². The summed E-state index contributed by atoms with van der Waals surface area (Å²) >= 11 is 0. The van der Waals surface area contributed by atoms with Crippen LogP contribution in [0.5, 0.6) is 5.88 Å². The second kappa shape index (κ2) is 7.60. The summed E-state index contributed by atoms with van der Waals surface area (Å²) in [6.07, 6.45) is 10.3. The van der Waals surface area contributed by atoms with Crippen molar-refractivity contribution in [3.05, 3.63) is 23.9 Å². The van der Waals surface area contributed by atoms with Gasteiger partial charge in [-0.25, -0.2) is 9.78 Å². The molecule has 2 heterocycles. The molecular weight excluding hydrogens is 318 g/mol. The van der Waals surface area contributed by atoms with E-state index in [1.54, 1.807) is 6.20 Å². The molecule has 2 aliphatic carbocycles. The quantitative estimate of drug-likeness (QED) is 0.831. The lowest BCUT2D eigenvalue weighted by molar-refractivity contribution is 0.0825. The highest BCUT2D eigenvalue weighted by molar-refractivity contribution is 5.74. The molecule has 1 saturated heterocycles. The summed E-state index contributed by atoms with van der Waals surface area (Å²) in [7, 11) is 0. The van der Waals surface area contributed by atoms with Gasteiger partial charge in [0.2, 0.25) is 5.88 Å². The smallest absolute Gasteiger partial charge is 0.315 e. The maximum absolute atomic E-state index is 12.2. The molecule has 0 radical (unpaired) electrons. The molecule has 1 aromatic rings. The second-order valence-corrected chi connectivity index (χ2v) is 7.42. The lowest BCUT2D eigenvalue weighted by atomic mass is 10.1. The molecule has 2 atom stereocenters. The van der Waals surface area contributed by atoms with Gasteiger partial charge in [0, 0.05) is 25.4 Å². The molecule has 3 aliphatic rings. The number of carbonyl (C=O) groups is 1. The van der Waals surface area contributed by atoms with Crippen molar-refractivity contribution >= 4 is 6.03 Å². The van der Waals surface area contributed by atoms with E-state index in [2.05, 4.69) is 15.6 Å². The van der Waals surface area contributed by atoms with Crippen LogP contribution in [0.2, 0.25) is 0 Å². The Bertz CT molecular complexity index is 599. The van der Waals surface area contributed by atoms with Crippen LogP contribution in [0, 0.1) is 5.92 Å². The number of pyridine rings is 1. The zero-order chi connectivity index (χ0) is 17.1. The Balaban J connectivity index is 1.25. The molecule has 3 fully saturated rings. The molecule has 1 aromatic heterocycles. The van der Waals surface area contributed by atoms with Crippen molar-refractivity contribution in [2.75, 3.05) is 6.61 Å². The van der Waals surface area contributed by atoms with Crippen LogP contribution < -0.4 is 15.4 Å². The highest BCUT2D eigenvalue weighted by atomic mass is 16.5. The van der Waals surface area contributed by atoms with Gasteiger partial charge < -0.3 is 20.1 Å². The largest absolute Gasteiger partial charge is 0.474 e. The van der Waals surface area contributed by atoms with Gasteiger partial charge >= 0.3 is 6.03 Å². The molecule has 0 spiro atoms. The number of carbonyl (C=O) groups excluding carboxylic acids is 1. The fraction of sp³-hybridized carbons (Fsp3) is 0.684. The number of rotatable bonds is 6. The van der Waals surface area contributed by atoms with Crippen molar-refractivity contribution in [3.8, 4) is 5.88 Å². The summed E-state index contributed by atoms with van der Waals surface area (Å²) in [6, 6.07) is 3.85. The first-order chi connectivity index (χ1) is 12.3. The Morgan fingerprint density at radius 2 is 2.08 bits per heavy atom. The molecule has 6 heteroatoms. The first-order valence-electron chi connectivity index (χ1n) is 9.55. The monoisotopic (exact) mass is 345 g/mol. The molecule has 6 nitrogen and oxygen atoms in total. The summed E-state index contributed by atoms with van der Waals surface area (Å²) in [5.41, 5.74) is 1.000. The molecule has 1 aliphatic heterocycles. The van der Waals surface area contributed by atoms with Crippen LogP contribution in [0.4, 0.5) is 4.79 Å². The Labute approximate surface area is 148 Å². The number of nitrogens with zero attached hydrogens (tertiary/aromatic N) is 1. The van der Waals surface area contributed by atoms with Gasteiger partial charge in [-0.1, -0.05) is 0 Å². The van der Waals surface area contributed by atoms with E-state index < -0.39 is 0 Å². The van der Waals surface area contributed by atoms with Gasteiger partial charge in [-0.15, -0.1) is 0 Å². The standard InChI is InChI=1S/C19H27N3O3/c23-19(22-16-8-10-24-18(16)14-5-6-14)21-12-13-7-9-20-17(11-13)25-15-3-1-2-4-15/h7,9,11,14-16,18H,1-6,8,10,12H2,(H2,21,22,23)/t16-,18+/m1/s1. The van der Waals surface area contributed by atoms with Crippen molar-refractivity contribution in [1.29, 1.82) is 0 Å². The highest BCUT2D eigenvalue weighted by Gasteiger charge is 2.41. The van der Waals surface area contributed by atoms with Crippen molar-refractivity contribution in [3.63, 3.8) is 0 Å². The average molecular weight is 345 g/mol. The van der Waals surface area contributed by atoms with Crippen molar-refractivity contribution in [1.82, 2.24) is 15.6 Å². The lowest BCUT2D eigenvalue weighted by Crippen LogP contribution is -2.46. The van der Waals surface area contributed by atoms with Gasteiger partial charge in [-0.3, -0.25) is 0 Å². The van der Waals surface area contributed by atoms with Gasteiger partial charge in [0.05, 0.1) is 12.1 Å². The number of hydrogen-bond donors (Lipinski definition) is 2. The fourth-order valence-corrected chi connectivity index (χ4v) is 3.86. The zero-order valence-corrected chi connectivity index (χ0v) is 14.6. The number of amides is 2. The first kappa shape index (κ1) is 16.6. The Morgan fingerprint density at radius 3 is 2.88 bits per heavy atom. The normalized spacial score (nSPS) is 26.6. The number of aromatic nitrogens is 1. The number of urea groups is 1. The van der Waals surface area contributed by atoms with E-state index in [0.717, 1.165) is 31.4 Å². The number of nitrogens with one attached hydrogen (secondary N) is 2. The minimum atomic E-state index is -0.128. The predicted octanol–water partition coefficient (Wildman–Crippen LogP) is 2.77. The van der Waals surface area contributed by atoms with Crippen molar-refractivity contribution < 1.29 is 14.3 Å². The molecule has 2 amide bonds. The van der Waals surface area contributed by atoms with Crippen LogP contribution in [0.15, 0.2) is 18.3 Å². The van der Waals surface area contributed by atoms with Crippen LogP contribution in [-0.4, -0.2) is 35.9 Å².